The van der Waals surface area contributed by atoms with Crippen LogP contribution < -0.4 is 0 Å². The smallest absolute Gasteiger partial charge is 0.306 e. The normalized spacial score (nSPS) is 12.2. The zero-order valence-corrected chi connectivity index (χ0v) is 48.5. The number of esters is 3. The van der Waals surface area contributed by atoms with Crippen molar-refractivity contribution in [2.45, 2.75) is 354 Å². The molecule has 0 saturated heterocycles. The molecule has 1 unspecified atom stereocenters. The van der Waals surface area contributed by atoms with Crippen LogP contribution in [0.3, 0.4) is 0 Å². The first-order chi connectivity index (χ1) is 35.5. The number of hydrogen-bond acceptors (Lipinski definition) is 6. The lowest BCUT2D eigenvalue weighted by molar-refractivity contribution is -0.167. The number of hydrogen-bond donors (Lipinski definition) is 0. The van der Waals surface area contributed by atoms with Gasteiger partial charge < -0.3 is 14.2 Å². The topological polar surface area (TPSA) is 78.9 Å². The molecule has 0 bridgehead atoms. The van der Waals surface area contributed by atoms with E-state index < -0.39 is 6.10 Å². The molecule has 0 amide bonds. The highest BCUT2D eigenvalue weighted by Crippen LogP contribution is 2.17. The Hall–Kier alpha value is -2.37. The molecule has 6 nitrogen and oxygen atoms in total. The van der Waals surface area contributed by atoms with E-state index in [0.717, 1.165) is 64.2 Å². The van der Waals surface area contributed by atoms with Crippen molar-refractivity contribution in [1.29, 1.82) is 0 Å². The summed E-state index contributed by atoms with van der Waals surface area (Å²) >= 11 is 0. The number of rotatable bonds is 59. The monoisotopic (exact) mass is 1010 g/mol. The second-order valence-corrected chi connectivity index (χ2v) is 21.7. The zero-order valence-electron chi connectivity index (χ0n) is 48.5. The fourth-order valence-corrected chi connectivity index (χ4v) is 9.55. The van der Waals surface area contributed by atoms with Gasteiger partial charge in [0.25, 0.3) is 0 Å². The summed E-state index contributed by atoms with van der Waals surface area (Å²) in [4.78, 5) is 38.3. The summed E-state index contributed by atoms with van der Waals surface area (Å²) in [5, 5.41) is 0. The summed E-state index contributed by atoms with van der Waals surface area (Å²) in [5.74, 6) is -0.860. The number of carbonyl (C=O) groups is 3. The van der Waals surface area contributed by atoms with Gasteiger partial charge in [-0.15, -0.1) is 0 Å². The molecule has 422 valence electrons. The van der Waals surface area contributed by atoms with Crippen molar-refractivity contribution in [1.82, 2.24) is 0 Å². The van der Waals surface area contributed by atoms with Gasteiger partial charge in [0.2, 0.25) is 0 Å². The Balaban J connectivity index is 4.34. The van der Waals surface area contributed by atoms with Gasteiger partial charge in [0.15, 0.2) is 6.10 Å². The van der Waals surface area contributed by atoms with Crippen molar-refractivity contribution < 1.29 is 28.6 Å². The van der Waals surface area contributed by atoms with Crippen LogP contribution in [0.5, 0.6) is 0 Å². The Labute approximate surface area is 448 Å². The summed E-state index contributed by atoms with van der Waals surface area (Å²) in [6.45, 7) is 6.67. The van der Waals surface area contributed by atoms with E-state index in [0.29, 0.717) is 19.3 Å². The molecule has 0 spiro atoms. The minimum absolute atomic E-state index is 0.0721. The average molecular weight is 1010 g/mol. The van der Waals surface area contributed by atoms with E-state index in [2.05, 4.69) is 57.2 Å². The third-order valence-corrected chi connectivity index (χ3v) is 14.4. The summed E-state index contributed by atoms with van der Waals surface area (Å²) in [7, 11) is 0. The van der Waals surface area contributed by atoms with Crippen LogP contribution in [0.1, 0.15) is 348 Å². The molecule has 0 N–H and O–H groups in total. The molecule has 0 radical (unpaired) electrons. The first kappa shape index (κ1) is 69.6. The summed E-state index contributed by atoms with van der Waals surface area (Å²) in [6, 6.07) is 0. The van der Waals surface area contributed by atoms with Crippen LogP contribution in [0.4, 0.5) is 0 Å². The second kappa shape index (κ2) is 61.2. The molecule has 1 atom stereocenters. The molecular formula is C66H122O6. The SMILES string of the molecule is CCCCC/C=C\C=C/CCCCCCCCCCCCC(=O)OCC(COC(=O)CCCCCCCCCCCCCCCCCCC)OC(=O)CCCCCCC/C=C\CCCCCCCCCCC. The minimum atomic E-state index is -0.776. The van der Waals surface area contributed by atoms with Gasteiger partial charge in [-0.25, -0.2) is 0 Å². The predicted octanol–water partition coefficient (Wildman–Crippen LogP) is 21.6. The maximum atomic E-state index is 12.9. The number of ether oxygens (including phenoxy) is 3. The molecule has 0 aliphatic carbocycles. The Morgan fingerprint density at radius 3 is 0.806 bits per heavy atom. The van der Waals surface area contributed by atoms with Crippen LogP contribution in [0, 0.1) is 0 Å². The van der Waals surface area contributed by atoms with Crippen molar-refractivity contribution in [2.75, 3.05) is 13.2 Å². The van der Waals surface area contributed by atoms with Crippen molar-refractivity contribution in [3.63, 3.8) is 0 Å². The van der Waals surface area contributed by atoms with Gasteiger partial charge in [0.05, 0.1) is 0 Å². The first-order valence-corrected chi connectivity index (χ1v) is 32.0. The van der Waals surface area contributed by atoms with Crippen molar-refractivity contribution in [3.05, 3.63) is 36.5 Å². The van der Waals surface area contributed by atoms with Crippen LogP contribution in [0.2, 0.25) is 0 Å². The molecule has 0 fully saturated rings. The molecular weight excluding hydrogens is 889 g/mol. The van der Waals surface area contributed by atoms with Crippen molar-refractivity contribution in [3.8, 4) is 0 Å². The van der Waals surface area contributed by atoms with Crippen LogP contribution in [0.15, 0.2) is 36.5 Å². The van der Waals surface area contributed by atoms with Gasteiger partial charge in [-0.3, -0.25) is 14.4 Å². The van der Waals surface area contributed by atoms with E-state index >= 15 is 0 Å². The number of allylic oxidation sites excluding steroid dienone is 6. The van der Waals surface area contributed by atoms with Crippen LogP contribution >= 0.6 is 0 Å². The van der Waals surface area contributed by atoms with Crippen LogP contribution in [-0.4, -0.2) is 37.2 Å². The van der Waals surface area contributed by atoms with Crippen molar-refractivity contribution >= 4 is 17.9 Å². The van der Waals surface area contributed by atoms with Gasteiger partial charge >= 0.3 is 17.9 Å². The highest BCUT2D eigenvalue weighted by molar-refractivity contribution is 5.71. The molecule has 6 heteroatoms. The maximum Gasteiger partial charge on any atom is 0.306 e. The molecule has 0 aliphatic rings. The largest absolute Gasteiger partial charge is 0.462 e. The molecule has 0 aliphatic heterocycles. The van der Waals surface area contributed by atoms with E-state index in [-0.39, 0.29) is 31.1 Å². The van der Waals surface area contributed by atoms with Gasteiger partial charge in [-0.2, -0.15) is 0 Å². The third-order valence-electron chi connectivity index (χ3n) is 14.4. The molecule has 0 aromatic rings. The Morgan fingerprint density at radius 1 is 0.278 bits per heavy atom. The molecule has 0 rings (SSSR count). The standard InChI is InChI=1S/C66H122O6/c1-4-7-10-13-16-19-22-25-28-31-33-36-38-41-44-47-50-53-56-59-65(68)71-62-63(61-70-64(67)58-55-52-49-46-43-40-37-34-30-27-24-21-18-15-12-9-6-3)72-66(69)60-57-54-51-48-45-42-39-35-32-29-26-23-20-17-14-11-8-5-2/h16,19,22,25,35,39,63H,4-15,17-18,20-21,23-24,26-34,36-38,40-62H2,1-3H3/b19-16-,25-22-,39-35-. The molecule has 0 aromatic carbocycles. The lowest BCUT2D eigenvalue weighted by atomic mass is 10.0. The summed E-state index contributed by atoms with van der Waals surface area (Å²) in [6.07, 6.45) is 74.3. The molecule has 0 aromatic heterocycles. The number of carbonyl (C=O) groups excluding carboxylic acids is 3. The van der Waals surface area contributed by atoms with Gasteiger partial charge in [-0.05, 0) is 70.6 Å². The zero-order chi connectivity index (χ0) is 52.2. The molecule has 0 saturated carbocycles. The fourth-order valence-electron chi connectivity index (χ4n) is 9.55. The van der Waals surface area contributed by atoms with E-state index in [1.54, 1.807) is 0 Å². The van der Waals surface area contributed by atoms with E-state index in [9.17, 15) is 14.4 Å². The Morgan fingerprint density at radius 2 is 0.500 bits per heavy atom. The van der Waals surface area contributed by atoms with Gasteiger partial charge in [0.1, 0.15) is 13.2 Å². The fraction of sp³-hybridized carbons (Fsp3) is 0.864. The average Bonchev–Trinajstić information content (AvgIpc) is 3.38. The lowest BCUT2D eigenvalue weighted by Gasteiger charge is -2.18. The van der Waals surface area contributed by atoms with Crippen LogP contribution in [-0.2, 0) is 28.6 Å². The second-order valence-electron chi connectivity index (χ2n) is 21.7. The first-order valence-electron chi connectivity index (χ1n) is 32.0. The highest BCUT2D eigenvalue weighted by atomic mass is 16.6. The van der Waals surface area contributed by atoms with E-state index in [1.807, 2.05) is 0 Å². The third kappa shape index (κ3) is 58.5. The van der Waals surface area contributed by atoms with Crippen LogP contribution in [0.25, 0.3) is 0 Å². The predicted molar refractivity (Wildman–Crippen MR) is 312 cm³/mol. The Kier molecular flexibility index (Phi) is 59.2. The molecule has 72 heavy (non-hydrogen) atoms. The van der Waals surface area contributed by atoms with Gasteiger partial charge in [-0.1, -0.05) is 295 Å². The van der Waals surface area contributed by atoms with E-state index in [1.165, 1.54) is 244 Å². The van der Waals surface area contributed by atoms with Crippen molar-refractivity contribution in [2.24, 2.45) is 0 Å². The Bertz CT molecular complexity index is 1210. The molecule has 0 heterocycles. The number of unbranched alkanes of at least 4 members (excludes halogenated alkanes) is 43. The lowest BCUT2D eigenvalue weighted by Crippen LogP contribution is -2.30. The van der Waals surface area contributed by atoms with Gasteiger partial charge in [0, 0.05) is 19.3 Å². The maximum absolute atomic E-state index is 12.9. The quantitative estimate of drug-likeness (QED) is 0.0199. The summed E-state index contributed by atoms with van der Waals surface area (Å²) < 4.78 is 16.9. The highest BCUT2D eigenvalue weighted by Gasteiger charge is 2.19. The summed E-state index contributed by atoms with van der Waals surface area (Å²) in [5.41, 5.74) is 0. The van der Waals surface area contributed by atoms with E-state index in [4.69, 9.17) is 14.2 Å². The minimum Gasteiger partial charge on any atom is -0.462 e.